The van der Waals surface area contributed by atoms with Crippen molar-refractivity contribution in [3.8, 4) is 23.3 Å². The predicted molar refractivity (Wildman–Crippen MR) is 288 cm³/mol. The molecule has 3 aromatic rings. The SMILES string of the molecule is CCNCC1C(C2CCC3(C#CC(CC(O)C(O)C(CCC(C)C)C(C4=CCNC(N)=C4)c4ccc5ccccc5c4)c4cc(O)c(OC)cc4CCC3=O)C(O)C2)CC2CNC3CC(=O)CC4CC(O)C1C2C43. The maximum Gasteiger partial charge on any atom is 0.160 e. The first-order valence-corrected chi connectivity index (χ1v) is 28.2. The molecule has 5 aliphatic carbocycles. The van der Waals surface area contributed by atoms with Crippen LogP contribution >= 0.6 is 0 Å². The standard InChI is InChI=1S/C62H82N4O8/c1-5-64-33-48-47(24-43-32-66-49-30-44(67)23-42-26-51(69)60(48)59(43)58(42)49)39-17-20-62(55(72)28-39)19-16-38(46-31-50(68)53(74-4)27-37(46)13-15-54(62)71)25-52(70)61(73)45(14-10-34(2)3)57(41-18-21-65-56(63)29-41)40-12-11-35-8-6-7-9-36(35)22-40/h6-9,11-12,18,22,27,29,31,34,38-39,42-43,45,47-49,51-52,55,57-61,64-66,68-70,72-73H,5,10,13-15,17,20-21,23-26,28,30,32-33,63H2,1-4H3. The number of hydrogen-bond acceptors (Lipinski definition) is 12. The molecule has 1 spiro atoms. The number of carbonyl (C=O) groups is 2. The highest BCUT2D eigenvalue weighted by molar-refractivity contribution is 5.89. The van der Waals surface area contributed by atoms with Gasteiger partial charge in [-0.15, -0.1) is 0 Å². The van der Waals surface area contributed by atoms with Crippen LogP contribution in [0.3, 0.4) is 0 Å². The van der Waals surface area contributed by atoms with Crippen molar-refractivity contribution < 1.29 is 39.9 Å². The second kappa shape index (κ2) is 22.1. The third-order valence-corrected chi connectivity index (χ3v) is 19.5. The number of nitrogens with two attached hydrogens (primary N) is 1. The number of nitrogens with one attached hydrogen (secondary N) is 3. The Kier molecular flexibility index (Phi) is 15.7. The summed E-state index contributed by atoms with van der Waals surface area (Å²) in [5, 5.41) is 74.3. The number of dihydropyridines is 1. The Morgan fingerprint density at radius 2 is 1.74 bits per heavy atom. The maximum absolute atomic E-state index is 14.9. The smallest absolute Gasteiger partial charge is 0.160 e. The molecule has 5 fully saturated rings. The Bertz CT molecular complexity index is 2670. The number of hydrogen-bond donors (Lipinski definition) is 9. The molecule has 0 aromatic heterocycles. The number of phenolic OH excluding ortho intramolecular Hbond substituents is 1. The topological polar surface area (TPSA) is 207 Å². The van der Waals surface area contributed by atoms with E-state index in [2.05, 4.69) is 85.0 Å². The monoisotopic (exact) mass is 1010 g/mol. The van der Waals surface area contributed by atoms with Gasteiger partial charge < -0.3 is 52.0 Å². The molecule has 0 radical (unpaired) electrons. The van der Waals surface area contributed by atoms with Crippen molar-refractivity contribution in [3.05, 3.63) is 94.8 Å². The number of ether oxygens (including phenoxy) is 1. The van der Waals surface area contributed by atoms with Gasteiger partial charge in [-0.2, -0.15) is 0 Å². The Morgan fingerprint density at radius 3 is 2.50 bits per heavy atom. The number of aryl methyl sites for hydroxylation is 1. The summed E-state index contributed by atoms with van der Waals surface area (Å²) in [5.41, 5.74) is 8.51. The minimum atomic E-state index is -1.35. The van der Waals surface area contributed by atoms with Crippen LogP contribution in [0.25, 0.3) is 10.8 Å². The van der Waals surface area contributed by atoms with Crippen LogP contribution in [-0.2, 0) is 16.0 Å². The molecule has 2 aliphatic heterocycles. The lowest BCUT2D eigenvalue weighted by Crippen LogP contribution is -2.66. The molecule has 0 amide bonds. The third-order valence-electron chi connectivity index (χ3n) is 19.5. The van der Waals surface area contributed by atoms with Gasteiger partial charge in [0.25, 0.3) is 0 Å². The normalized spacial score (nSPS) is 34.3. The van der Waals surface area contributed by atoms with Gasteiger partial charge in [-0.1, -0.05) is 87.6 Å². The Balaban J connectivity index is 0.964. The molecule has 10 N–H and O–H groups in total. The van der Waals surface area contributed by atoms with Crippen molar-refractivity contribution in [2.75, 3.05) is 33.3 Å². The number of aliphatic hydroxyl groups is 4. The molecular formula is C62H82N4O8. The van der Waals surface area contributed by atoms with E-state index in [4.69, 9.17) is 10.5 Å². The zero-order valence-electron chi connectivity index (χ0n) is 44.0. The fraction of sp³-hybridized carbons (Fsp3) is 0.613. The van der Waals surface area contributed by atoms with E-state index in [1.165, 1.54) is 7.11 Å². The van der Waals surface area contributed by atoms with Gasteiger partial charge in [-0.05, 0) is 181 Å². The molecule has 10 rings (SSSR count). The minimum Gasteiger partial charge on any atom is -0.504 e. The fourth-order valence-electron chi connectivity index (χ4n) is 16.1. The van der Waals surface area contributed by atoms with Crippen LogP contribution in [0.4, 0.5) is 0 Å². The second-order valence-electron chi connectivity index (χ2n) is 24.1. The summed E-state index contributed by atoms with van der Waals surface area (Å²) in [6, 6.07) is 18.2. The number of aliphatic hydroxyl groups excluding tert-OH is 4. The zero-order valence-corrected chi connectivity index (χ0v) is 44.0. The van der Waals surface area contributed by atoms with E-state index in [-0.39, 0.29) is 71.7 Å². The lowest BCUT2D eigenvalue weighted by Gasteiger charge is -2.63. The molecule has 12 nitrogen and oxygen atoms in total. The van der Waals surface area contributed by atoms with Crippen molar-refractivity contribution >= 4 is 22.3 Å². The lowest BCUT2D eigenvalue weighted by atomic mass is 9.45. The number of benzene rings is 3. The largest absolute Gasteiger partial charge is 0.504 e. The van der Waals surface area contributed by atoms with Crippen molar-refractivity contribution in [3.63, 3.8) is 0 Å². The number of allylic oxidation sites excluding steroid dienone is 2. The molecule has 12 heteroatoms. The van der Waals surface area contributed by atoms with Gasteiger partial charge in [0.1, 0.15) is 11.2 Å². The molecule has 74 heavy (non-hydrogen) atoms. The van der Waals surface area contributed by atoms with E-state index < -0.39 is 41.7 Å². The highest BCUT2D eigenvalue weighted by atomic mass is 16.5. The molecule has 1 saturated heterocycles. The first-order chi connectivity index (χ1) is 35.7. The molecule has 7 aliphatic rings. The number of rotatable bonds is 15. The van der Waals surface area contributed by atoms with Crippen LogP contribution < -0.4 is 26.4 Å². The second-order valence-corrected chi connectivity index (χ2v) is 24.1. The number of methoxy groups -OCH3 is 1. The molecule has 17 atom stereocenters. The van der Waals surface area contributed by atoms with E-state index in [0.29, 0.717) is 98.8 Å². The summed E-state index contributed by atoms with van der Waals surface area (Å²) >= 11 is 0. The van der Waals surface area contributed by atoms with E-state index in [1.54, 1.807) is 12.1 Å². The fourth-order valence-corrected chi connectivity index (χ4v) is 16.1. The predicted octanol–water partition coefficient (Wildman–Crippen LogP) is 7.01. The third kappa shape index (κ3) is 10.2. The molecule has 2 heterocycles. The molecule has 398 valence electrons. The molecular weight excluding hydrogens is 929 g/mol. The van der Waals surface area contributed by atoms with E-state index in [9.17, 15) is 35.1 Å². The summed E-state index contributed by atoms with van der Waals surface area (Å²) in [4.78, 5) is 27.8. The van der Waals surface area contributed by atoms with Crippen molar-refractivity contribution in [2.45, 2.75) is 140 Å². The van der Waals surface area contributed by atoms with Gasteiger partial charge in [0.15, 0.2) is 17.3 Å². The molecule has 4 saturated carbocycles. The lowest BCUT2D eigenvalue weighted by molar-refractivity contribution is -0.166. The van der Waals surface area contributed by atoms with Crippen LogP contribution in [0.5, 0.6) is 11.5 Å². The van der Waals surface area contributed by atoms with Gasteiger partial charge in [0, 0.05) is 43.7 Å². The Labute approximate surface area is 438 Å². The highest BCUT2D eigenvalue weighted by Crippen LogP contribution is 2.60. The zero-order chi connectivity index (χ0) is 52.0. The average Bonchev–Trinajstić information content (AvgIpc) is 3.43. The quantitative estimate of drug-likeness (QED) is 0.0706. The van der Waals surface area contributed by atoms with Gasteiger partial charge >= 0.3 is 0 Å². The van der Waals surface area contributed by atoms with E-state index in [1.807, 2.05) is 18.2 Å². The molecule has 3 aromatic carbocycles. The van der Waals surface area contributed by atoms with Crippen LogP contribution in [0, 0.1) is 76.4 Å². The number of phenols is 1. The number of fused-ring (bicyclic) bond motifs is 2. The summed E-state index contributed by atoms with van der Waals surface area (Å²) in [7, 11) is 1.49. The summed E-state index contributed by atoms with van der Waals surface area (Å²) in [6.45, 7) is 9.42. The van der Waals surface area contributed by atoms with Gasteiger partial charge in [-0.3, -0.25) is 9.59 Å². The number of Topliss-reactive ketones (excluding diaryl/α,β-unsaturated/α-hetero) is 2. The first kappa shape index (κ1) is 52.7. The maximum atomic E-state index is 14.9. The van der Waals surface area contributed by atoms with Crippen molar-refractivity contribution in [1.29, 1.82) is 0 Å². The van der Waals surface area contributed by atoms with Crippen LogP contribution in [0.1, 0.15) is 120 Å². The van der Waals surface area contributed by atoms with Crippen LogP contribution in [0.15, 0.2) is 78.1 Å². The highest BCUT2D eigenvalue weighted by Gasteiger charge is 2.61. The molecule has 0 bridgehead atoms. The van der Waals surface area contributed by atoms with Crippen molar-refractivity contribution in [2.24, 2.45) is 70.3 Å². The average molecular weight is 1010 g/mol. The van der Waals surface area contributed by atoms with Crippen LogP contribution in [0.2, 0.25) is 0 Å². The van der Waals surface area contributed by atoms with Gasteiger partial charge in [0.05, 0.1) is 37.3 Å². The first-order valence-electron chi connectivity index (χ1n) is 28.2. The minimum absolute atomic E-state index is 0.0164. The van der Waals surface area contributed by atoms with E-state index in [0.717, 1.165) is 59.9 Å². The number of aromatic hydroxyl groups is 1. The van der Waals surface area contributed by atoms with E-state index >= 15 is 0 Å². The summed E-state index contributed by atoms with van der Waals surface area (Å²) in [5.74, 6) is 8.68. The summed E-state index contributed by atoms with van der Waals surface area (Å²) < 4.78 is 5.59. The number of ketones is 2. The van der Waals surface area contributed by atoms with Gasteiger partial charge in [0.2, 0.25) is 0 Å². The van der Waals surface area contributed by atoms with Gasteiger partial charge in [-0.25, -0.2) is 0 Å². The Morgan fingerprint density at radius 1 is 0.932 bits per heavy atom. The molecule has 17 unspecified atom stereocenters. The summed E-state index contributed by atoms with van der Waals surface area (Å²) in [6.07, 6.45) is 6.24. The van der Waals surface area contributed by atoms with Crippen LogP contribution in [-0.4, -0.2) is 101 Å². The number of piperidine rings is 1. The van der Waals surface area contributed by atoms with Crippen molar-refractivity contribution in [1.82, 2.24) is 16.0 Å². The Hall–Kier alpha value is -4.74. The number of carbonyl (C=O) groups excluding carboxylic acids is 2.